The summed E-state index contributed by atoms with van der Waals surface area (Å²) in [6.45, 7) is 2.62. The summed E-state index contributed by atoms with van der Waals surface area (Å²) in [7, 11) is 3.13. The van der Waals surface area contributed by atoms with Crippen molar-refractivity contribution in [1.29, 1.82) is 0 Å². The minimum atomic E-state index is -1.00. The molecule has 0 aliphatic carbocycles. The minimum absolute atomic E-state index is 0.187. The largest absolute Gasteiger partial charge is 0.497 e. The zero-order valence-corrected chi connectivity index (χ0v) is 14.6. The van der Waals surface area contributed by atoms with Gasteiger partial charge < -0.3 is 19.3 Å². The molecule has 0 atom stereocenters. The zero-order valence-electron chi connectivity index (χ0n) is 14.6. The fourth-order valence-electron chi connectivity index (χ4n) is 2.31. The van der Waals surface area contributed by atoms with Crippen LogP contribution in [0.25, 0.3) is 11.6 Å². The summed E-state index contributed by atoms with van der Waals surface area (Å²) in [6, 6.07) is 12.2. The van der Waals surface area contributed by atoms with Gasteiger partial charge in [0.05, 0.1) is 26.4 Å². The first-order valence-corrected chi connectivity index (χ1v) is 7.99. The molecular formula is C20H22O5. The van der Waals surface area contributed by atoms with Gasteiger partial charge in [0, 0.05) is 0 Å². The van der Waals surface area contributed by atoms with Gasteiger partial charge in [0.1, 0.15) is 5.75 Å². The molecule has 0 unspecified atom stereocenters. The molecule has 0 aromatic heterocycles. The average molecular weight is 342 g/mol. The molecule has 25 heavy (non-hydrogen) atoms. The molecule has 0 heterocycles. The Morgan fingerprint density at radius 2 is 1.76 bits per heavy atom. The Morgan fingerprint density at radius 3 is 2.32 bits per heavy atom. The molecular weight excluding hydrogens is 320 g/mol. The second-order valence-electron chi connectivity index (χ2n) is 5.35. The van der Waals surface area contributed by atoms with Gasteiger partial charge in [0.25, 0.3) is 0 Å². The third-order valence-corrected chi connectivity index (χ3v) is 3.59. The number of aliphatic carboxylic acids is 1. The molecule has 2 rings (SSSR count). The quantitative estimate of drug-likeness (QED) is 0.577. The normalized spacial score (nSPS) is 11.1. The number of carboxylic acid groups (broad SMARTS) is 1. The van der Waals surface area contributed by atoms with Gasteiger partial charge in [-0.05, 0) is 47.9 Å². The Morgan fingerprint density at radius 1 is 1.04 bits per heavy atom. The lowest BCUT2D eigenvalue weighted by atomic mass is 10.0. The Hall–Kier alpha value is -2.95. The first-order chi connectivity index (χ1) is 12.1. The van der Waals surface area contributed by atoms with Gasteiger partial charge in [0.15, 0.2) is 11.5 Å². The van der Waals surface area contributed by atoms with Crippen LogP contribution < -0.4 is 14.2 Å². The van der Waals surface area contributed by atoms with Crippen molar-refractivity contribution in [2.75, 3.05) is 20.8 Å². The van der Waals surface area contributed by atoms with Crippen molar-refractivity contribution < 1.29 is 24.1 Å². The smallest absolute Gasteiger partial charge is 0.336 e. The van der Waals surface area contributed by atoms with Crippen LogP contribution in [0, 0.1) is 0 Å². The number of methoxy groups -OCH3 is 2. The molecule has 0 fully saturated rings. The minimum Gasteiger partial charge on any atom is -0.497 e. The molecule has 0 spiro atoms. The monoisotopic (exact) mass is 342 g/mol. The summed E-state index contributed by atoms with van der Waals surface area (Å²) < 4.78 is 16.1. The maximum atomic E-state index is 11.7. The fraction of sp³-hybridized carbons (Fsp3) is 0.250. The number of benzene rings is 2. The number of carboxylic acids is 1. The number of rotatable bonds is 8. The van der Waals surface area contributed by atoms with Crippen LogP contribution in [0.4, 0.5) is 0 Å². The summed E-state index contributed by atoms with van der Waals surface area (Å²) in [4.78, 5) is 11.7. The molecule has 1 N–H and O–H groups in total. The maximum Gasteiger partial charge on any atom is 0.336 e. The van der Waals surface area contributed by atoms with E-state index >= 15 is 0 Å². The van der Waals surface area contributed by atoms with Crippen molar-refractivity contribution in [2.45, 2.75) is 13.3 Å². The van der Waals surface area contributed by atoms with Gasteiger partial charge in [-0.25, -0.2) is 4.79 Å². The summed E-state index contributed by atoms with van der Waals surface area (Å²) >= 11 is 0. The van der Waals surface area contributed by atoms with Gasteiger partial charge >= 0.3 is 5.97 Å². The van der Waals surface area contributed by atoms with E-state index in [1.165, 1.54) is 0 Å². The second-order valence-corrected chi connectivity index (χ2v) is 5.35. The van der Waals surface area contributed by atoms with Crippen LogP contribution in [0.1, 0.15) is 24.5 Å². The van der Waals surface area contributed by atoms with Crippen LogP contribution in [0.5, 0.6) is 17.2 Å². The summed E-state index contributed by atoms with van der Waals surface area (Å²) in [5.74, 6) is 0.882. The Kier molecular flexibility index (Phi) is 6.46. The Bertz CT molecular complexity index is 747. The molecule has 0 amide bonds. The van der Waals surface area contributed by atoms with Crippen molar-refractivity contribution in [3.8, 4) is 17.2 Å². The van der Waals surface area contributed by atoms with Gasteiger partial charge in [-0.1, -0.05) is 25.1 Å². The van der Waals surface area contributed by atoms with Crippen molar-refractivity contribution in [1.82, 2.24) is 0 Å². The fourth-order valence-corrected chi connectivity index (χ4v) is 2.31. The van der Waals surface area contributed by atoms with E-state index in [9.17, 15) is 9.90 Å². The maximum absolute atomic E-state index is 11.7. The molecule has 0 aliphatic heterocycles. The predicted molar refractivity (Wildman–Crippen MR) is 97.3 cm³/mol. The molecule has 0 aliphatic rings. The SMILES string of the molecule is CCCOc1ccc(/C=C(\C(=O)O)c2ccc(OC)cc2)cc1OC. The number of hydrogen-bond donors (Lipinski definition) is 1. The molecule has 132 valence electrons. The van der Waals surface area contributed by atoms with Crippen LogP contribution in [0.3, 0.4) is 0 Å². The summed E-state index contributed by atoms with van der Waals surface area (Å²) in [5, 5.41) is 9.56. The standard InChI is InChI=1S/C20H22O5/c1-4-11-25-18-10-5-14(13-19(18)24-3)12-17(20(21)22)15-6-8-16(23-2)9-7-15/h5-10,12-13H,4,11H2,1-3H3,(H,21,22)/b17-12-. The number of carbonyl (C=O) groups is 1. The average Bonchev–Trinajstić information content (AvgIpc) is 2.64. The highest BCUT2D eigenvalue weighted by molar-refractivity contribution is 6.20. The number of ether oxygens (including phenoxy) is 3. The molecule has 0 bridgehead atoms. The zero-order chi connectivity index (χ0) is 18.2. The van der Waals surface area contributed by atoms with Gasteiger partial charge in [-0.15, -0.1) is 0 Å². The highest BCUT2D eigenvalue weighted by atomic mass is 16.5. The molecule has 5 heteroatoms. The highest BCUT2D eigenvalue weighted by Gasteiger charge is 2.12. The summed E-state index contributed by atoms with van der Waals surface area (Å²) in [6.07, 6.45) is 2.50. The van der Waals surface area contributed by atoms with Crippen LogP contribution >= 0.6 is 0 Å². The molecule has 2 aromatic rings. The molecule has 2 aromatic carbocycles. The van der Waals surface area contributed by atoms with Crippen LogP contribution in [-0.2, 0) is 4.79 Å². The van der Waals surface area contributed by atoms with E-state index in [1.807, 2.05) is 6.92 Å². The van der Waals surface area contributed by atoms with Crippen LogP contribution in [-0.4, -0.2) is 31.9 Å². The topological polar surface area (TPSA) is 65.0 Å². The lowest BCUT2D eigenvalue weighted by Gasteiger charge is -2.11. The number of hydrogen-bond acceptors (Lipinski definition) is 4. The van der Waals surface area contributed by atoms with Crippen LogP contribution in [0.2, 0.25) is 0 Å². The Labute approximate surface area is 147 Å². The van der Waals surface area contributed by atoms with Crippen molar-refractivity contribution in [3.05, 3.63) is 53.6 Å². The van der Waals surface area contributed by atoms with Gasteiger partial charge in [0.2, 0.25) is 0 Å². The first-order valence-electron chi connectivity index (χ1n) is 7.99. The van der Waals surface area contributed by atoms with Crippen LogP contribution in [0.15, 0.2) is 42.5 Å². The highest BCUT2D eigenvalue weighted by Crippen LogP contribution is 2.30. The second kappa shape index (κ2) is 8.78. The summed E-state index contributed by atoms with van der Waals surface area (Å²) in [5.41, 5.74) is 1.50. The first kappa shape index (κ1) is 18.4. The van der Waals surface area contributed by atoms with E-state index in [2.05, 4.69) is 0 Å². The predicted octanol–water partition coefficient (Wildman–Crippen LogP) is 4.12. The van der Waals surface area contributed by atoms with E-state index in [0.29, 0.717) is 35.0 Å². The van der Waals surface area contributed by atoms with E-state index in [4.69, 9.17) is 14.2 Å². The molecule has 0 saturated heterocycles. The van der Waals surface area contributed by atoms with E-state index in [0.717, 1.165) is 6.42 Å². The van der Waals surface area contributed by atoms with Crippen molar-refractivity contribution >= 4 is 17.6 Å². The van der Waals surface area contributed by atoms with Gasteiger partial charge in [-0.2, -0.15) is 0 Å². The van der Waals surface area contributed by atoms with E-state index in [1.54, 1.807) is 62.8 Å². The Balaban J connectivity index is 2.37. The van der Waals surface area contributed by atoms with Crippen molar-refractivity contribution in [2.24, 2.45) is 0 Å². The molecule has 0 radical (unpaired) electrons. The van der Waals surface area contributed by atoms with Gasteiger partial charge in [-0.3, -0.25) is 0 Å². The molecule has 5 nitrogen and oxygen atoms in total. The lowest BCUT2D eigenvalue weighted by molar-refractivity contribution is -0.130. The van der Waals surface area contributed by atoms with E-state index < -0.39 is 5.97 Å². The molecule has 0 saturated carbocycles. The van der Waals surface area contributed by atoms with Crippen molar-refractivity contribution in [3.63, 3.8) is 0 Å². The lowest BCUT2D eigenvalue weighted by Crippen LogP contribution is -2.00. The third kappa shape index (κ3) is 4.76. The van der Waals surface area contributed by atoms with E-state index in [-0.39, 0.29) is 5.57 Å². The third-order valence-electron chi connectivity index (χ3n) is 3.59.